The Morgan fingerprint density at radius 1 is 0.900 bits per heavy atom. The minimum Gasteiger partial charge on any atom is -0.491 e. The molecular weight excluding hydrogens is 376 g/mol. The molecule has 0 fully saturated rings. The van der Waals surface area contributed by atoms with Crippen molar-refractivity contribution in [2.45, 2.75) is 33.1 Å². The van der Waals surface area contributed by atoms with Gasteiger partial charge < -0.3 is 19.1 Å². The number of hydrogen-bond acceptors (Lipinski definition) is 4. The topological polar surface area (TPSA) is 56.5 Å². The van der Waals surface area contributed by atoms with Gasteiger partial charge in [-0.25, -0.2) is 4.98 Å². The second kappa shape index (κ2) is 9.01. The summed E-state index contributed by atoms with van der Waals surface area (Å²) < 4.78 is 13.8. The summed E-state index contributed by atoms with van der Waals surface area (Å²) in [5.41, 5.74) is 4.08. The van der Waals surface area contributed by atoms with E-state index in [-0.39, 0.29) is 6.61 Å². The molecule has 1 N–H and O–H groups in total. The Balaban J connectivity index is 1.49. The Bertz CT molecular complexity index is 1120. The lowest BCUT2D eigenvalue weighted by atomic mass is 10.2. The van der Waals surface area contributed by atoms with Gasteiger partial charge >= 0.3 is 0 Å². The largest absolute Gasteiger partial charge is 0.491 e. The number of imidazole rings is 1. The van der Waals surface area contributed by atoms with E-state index in [1.54, 1.807) is 0 Å². The van der Waals surface area contributed by atoms with Gasteiger partial charge in [0.2, 0.25) is 0 Å². The molecule has 0 aliphatic heterocycles. The third-order valence-electron chi connectivity index (χ3n) is 5.04. The fraction of sp³-hybridized carbons (Fsp3) is 0.240. The number of aliphatic hydroxyl groups excluding tert-OH is 1. The summed E-state index contributed by atoms with van der Waals surface area (Å²) in [6, 6.07) is 23.7. The Labute approximate surface area is 176 Å². The molecule has 1 atom stereocenters. The SMILES string of the molecule is Cc1ccc(OCc2nc3ccccc3n2C[C@@H](O)COc2ccccc2C)cc1. The average molecular weight is 402 g/mol. The van der Waals surface area contributed by atoms with Gasteiger partial charge in [-0.3, -0.25) is 0 Å². The van der Waals surface area contributed by atoms with E-state index in [1.165, 1.54) is 5.56 Å². The van der Waals surface area contributed by atoms with Crippen molar-refractivity contribution in [1.29, 1.82) is 0 Å². The van der Waals surface area contributed by atoms with E-state index in [0.717, 1.165) is 33.9 Å². The number of nitrogens with zero attached hydrogens (tertiary/aromatic N) is 2. The van der Waals surface area contributed by atoms with Crippen LogP contribution in [0, 0.1) is 13.8 Å². The molecular formula is C25H26N2O3. The van der Waals surface area contributed by atoms with Gasteiger partial charge in [0.05, 0.1) is 17.6 Å². The minimum atomic E-state index is -0.680. The molecule has 0 unspecified atom stereocenters. The van der Waals surface area contributed by atoms with Crippen LogP contribution in [-0.2, 0) is 13.2 Å². The number of ether oxygens (including phenoxy) is 2. The summed E-state index contributed by atoms with van der Waals surface area (Å²) in [7, 11) is 0. The van der Waals surface area contributed by atoms with E-state index < -0.39 is 6.10 Å². The molecule has 0 spiro atoms. The summed E-state index contributed by atoms with van der Waals surface area (Å²) in [6.07, 6.45) is -0.680. The molecule has 3 aromatic carbocycles. The molecule has 1 heterocycles. The number of rotatable bonds is 8. The molecule has 30 heavy (non-hydrogen) atoms. The van der Waals surface area contributed by atoms with Crippen molar-refractivity contribution >= 4 is 11.0 Å². The Morgan fingerprint density at radius 3 is 2.43 bits per heavy atom. The third-order valence-corrected chi connectivity index (χ3v) is 5.04. The number of aryl methyl sites for hydroxylation is 2. The van der Waals surface area contributed by atoms with Crippen LogP contribution in [-0.4, -0.2) is 27.4 Å². The fourth-order valence-corrected chi connectivity index (χ4v) is 3.39. The minimum absolute atomic E-state index is 0.204. The van der Waals surface area contributed by atoms with E-state index in [4.69, 9.17) is 14.5 Å². The number of aliphatic hydroxyl groups is 1. The third kappa shape index (κ3) is 4.63. The van der Waals surface area contributed by atoms with Crippen LogP contribution in [0.2, 0.25) is 0 Å². The first kappa shape index (κ1) is 20.0. The maximum atomic E-state index is 10.7. The van der Waals surface area contributed by atoms with Crippen molar-refractivity contribution < 1.29 is 14.6 Å². The van der Waals surface area contributed by atoms with Gasteiger partial charge in [-0.05, 0) is 49.7 Å². The highest BCUT2D eigenvalue weighted by Crippen LogP contribution is 2.20. The highest BCUT2D eigenvalue weighted by molar-refractivity contribution is 5.75. The van der Waals surface area contributed by atoms with Crippen molar-refractivity contribution in [2.75, 3.05) is 6.61 Å². The summed E-state index contributed by atoms with van der Waals surface area (Å²) in [5, 5.41) is 10.7. The first-order chi connectivity index (χ1) is 14.6. The van der Waals surface area contributed by atoms with E-state index in [0.29, 0.717) is 13.2 Å². The van der Waals surface area contributed by atoms with Crippen LogP contribution in [0.4, 0.5) is 0 Å². The molecule has 0 saturated carbocycles. The quantitative estimate of drug-likeness (QED) is 0.465. The zero-order valence-electron chi connectivity index (χ0n) is 17.3. The Hall–Kier alpha value is -3.31. The Morgan fingerprint density at radius 2 is 1.63 bits per heavy atom. The van der Waals surface area contributed by atoms with Gasteiger partial charge in [0.25, 0.3) is 0 Å². The molecule has 4 aromatic rings. The highest BCUT2D eigenvalue weighted by Gasteiger charge is 2.15. The lowest BCUT2D eigenvalue weighted by Gasteiger charge is -2.17. The normalized spacial score (nSPS) is 12.1. The predicted molar refractivity (Wildman–Crippen MR) is 118 cm³/mol. The van der Waals surface area contributed by atoms with Crippen LogP contribution in [0.15, 0.2) is 72.8 Å². The van der Waals surface area contributed by atoms with Crippen molar-refractivity contribution in [2.24, 2.45) is 0 Å². The van der Waals surface area contributed by atoms with Crippen molar-refractivity contribution in [1.82, 2.24) is 9.55 Å². The molecule has 0 radical (unpaired) electrons. The van der Waals surface area contributed by atoms with Crippen LogP contribution in [0.25, 0.3) is 11.0 Å². The lowest BCUT2D eigenvalue weighted by molar-refractivity contribution is 0.0914. The summed E-state index contributed by atoms with van der Waals surface area (Å²) in [5.74, 6) is 2.35. The van der Waals surface area contributed by atoms with Gasteiger partial charge in [0.15, 0.2) is 0 Å². The summed E-state index contributed by atoms with van der Waals surface area (Å²) >= 11 is 0. The average Bonchev–Trinajstić information content (AvgIpc) is 3.10. The number of fused-ring (bicyclic) bond motifs is 1. The number of aromatic nitrogens is 2. The van der Waals surface area contributed by atoms with E-state index in [9.17, 15) is 5.11 Å². The van der Waals surface area contributed by atoms with Crippen molar-refractivity contribution in [3.8, 4) is 11.5 Å². The number of hydrogen-bond donors (Lipinski definition) is 1. The van der Waals surface area contributed by atoms with Crippen LogP contribution in [0.1, 0.15) is 17.0 Å². The first-order valence-electron chi connectivity index (χ1n) is 10.1. The van der Waals surface area contributed by atoms with Crippen LogP contribution >= 0.6 is 0 Å². The van der Waals surface area contributed by atoms with Gasteiger partial charge in [0.1, 0.15) is 36.6 Å². The summed E-state index contributed by atoms with van der Waals surface area (Å²) in [6.45, 7) is 4.94. The van der Waals surface area contributed by atoms with E-state index in [2.05, 4.69) is 0 Å². The van der Waals surface area contributed by atoms with Gasteiger partial charge in [-0.2, -0.15) is 0 Å². The molecule has 0 aliphatic carbocycles. The van der Waals surface area contributed by atoms with Crippen molar-refractivity contribution in [3.05, 3.63) is 89.7 Å². The fourth-order valence-electron chi connectivity index (χ4n) is 3.39. The van der Waals surface area contributed by atoms with Gasteiger partial charge in [0, 0.05) is 0 Å². The molecule has 0 aliphatic rings. The van der Waals surface area contributed by atoms with Gasteiger partial charge in [-0.15, -0.1) is 0 Å². The summed E-state index contributed by atoms with van der Waals surface area (Å²) in [4.78, 5) is 4.72. The van der Waals surface area contributed by atoms with Crippen LogP contribution in [0.3, 0.4) is 0 Å². The predicted octanol–water partition coefficient (Wildman–Crippen LogP) is 4.67. The molecule has 0 saturated heterocycles. The lowest BCUT2D eigenvalue weighted by Crippen LogP contribution is -2.25. The molecule has 0 amide bonds. The zero-order chi connectivity index (χ0) is 20.9. The highest BCUT2D eigenvalue weighted by atomic mass is 16.5. The van der Waals surface area contributed by atoms with E-state index in [1.807, 2.05) is 91.2 Å². The number of benzene rings is 3. The molecule has 5 heteroatoms. The zero-order valence-corrected chi connectivity index (χ0v) is 17.3. The Kier molecular flexibility index (Phi) is 6.00. The van der Waals surface area contributed by atoms with Gasteiger partial charge in [-0.1, -0.05) is 48.0 Å². The van der Waals surface area contributed by atoms with E-state index >= 15 is 0 Å². The second-order valence-electron chi connectivity index (χ2n) is 7.46. The molecule has 1 aromatic heterocycles. The number of para-hydroxylation sites is 3. The molecule has 154 valence electrons. The van der Waals surface area contributed by atoms with Crippen LogP contribution in [0.5, 0.6) is 11.5 Å². The molecule has 5 nitrogen and oxygen atoms in total. The van der Waals surface area contributed by atoms with Crippen molar-refractivity contribution in [3.63, 3.8) is 0 Å². The molecule has 4 rings (SSSR count). The smallest absolute Gasteiger partial charge is 0.148 e. The second-order valence-corrected chi connectivity index (χ2v) is 7.46. The monoisotopic (exact) mass is 402 g/mol. The maximum Gasteiger partial charge on any atom is 0.148 e. The maximum absolute atomic E-state index is 10.7. The molecule has 0 bridgehead atoms. The first-order valence-corrected chi connectivity index (χ1v) is 10.1. The van der Waals surface area contributed by atoms with Crippen LogP contribution < -0.4 is 9.47 Å². The standard InChI is InChI=1S/C25H26N2O3/c1-18-11-13-21(14-12-18)29-17-25-26-22-8-4-5-9-23(22)27(25)15-20(28)16-30-24-10-6-3-7-19(24)2/h3-14,20,28H,15-17H2,1-2H3/t20-/m1/s1.